The first kappa shape index (κ1) is 20.0. The predicted octanol–water partition coefficient (Wildman–Crippen LogP) is 2.04. The fourth-order valence-corrected chi connectivity index (χ4v) is 4.05. The third-order valence-corrected chi connectivity index (χ3v) is 5.72. The number of likely N-dealkylation sites (tertiary alicyclic amines) is 1. The minimum absolute atomic E-state index is 0.0355. The van der Waals surface area contributed by atoms with Crippen LogP contribution in [0.4, 0.5) is 0 Å². The van der Waals surface area contributed by atoms with Gasteiger partial charge in [0, 0.05) is 57.9 Å². The number of hydrogen-bond donors (Lipinski definition) is 1. The highest BCUT2D eigenvalue weighted by Gasteiger charge is 2.30. The maximum atomic E-state index is 12.6. The first-order valence-corrected chi connectivity index (χ1v) is 10.2. The molecule has 0 aliphatic carbocycles. The van der Waals surface area contributed by atoms with Gasteiger partial charge in [-0.3, -0.25) is 14.7 Å². The summed E-state index contributed by atoms with van der Waals surface area (Å²) in [4.78, 5) is 23.6. The Kier molecular flexibility index (Phi) is 6.96. The van der Waals surface area contributed by atoms with Crippen molar-refractivity contribution in [2.24, 2.45) is 4.99 Å². The third-order valence-electron chi connectivity index (χ3n) is 5.49. The van der Waals surface area contributed by atoms with E-state index in [9.17, 15) is 4.79 Å². The van der Waals surface area contributed by atoms with Crippen molar-refractivity contribution in [2.45, 2.75) is 32.4 Å². The fourth-order valence-electron chi connectivity index (χ4n) is 3.84. The molecule has 1 atom stereocenters. The lowest BCUT2D eigenvalue weighted by molar-refractivity contribution is -0.135. The second-order valence-corrected chi connectivity index (χ2v) is 7.70. The van der Waals surface area contributed by atoms with Crippen molar-refractivity contribution < 1.29 is 4.79 Å². The van der Waals surface area contributed by atoms with Gasteiger partial charge in [0.15, 0.2) is 5.96 Å². The summed E-state index contributed by atoms with van der Waals surface area (Å²) in [6.07, 6.45) is 2.28. The summed E-state index contributed by atoms with van der Waals surface area (Å²) < 4.78 is 0. The molecule has 0 aromatic heterocycles. The normalized spacial score (nSPS) is 20.0. The number of halogens is 1. The Morgan fingerprint density at radius 3 is 2.48 bits per heavy atom. The number of hydrogen-bond acceptors (Lipinski definition) is 3. The highest BCUT2D eigenvalue weighted by molar-refractivity contribution is 6.30. The fraction of sp³-hybridized carbons (Fsp3) is 0.600. The minimum atomic E-state index is -0.0355. The molecule has 0 saturated carbocycles. The first-order chi connectivity index (χ1) is 13.1. The molecule has 1 unspecified atom stereocenters. The van der Waals surface area contributed by atoms with E-state index in [-0.39, 0.29) is 11.9 Å². The summed E-state index contributed by atoms with van der Waals surface area (Å²) in [6.45, 7) is 8.06. The predicted molar refractivity (Wildman–Crippen MR) is 110 cm³/mol. The van der Waals surface area contributed by atoms with Gasteiger partial charge in [-0.1, -0.05) is 23.7 Å². The number of carbonyl (C=O) groups is 1. The Morgan fingerprint density at radius 2 is 1.85 bits per heavy atom. The van der Waals surface area contributed by atoms with Crippen LogP contribution in [0.5, 0.6) is 0 Å². The maximum Gasteiger partial charge on any atom is 0.239 e. The van der Waals surface area contributed by atoms with Crippen LogP contribution >= 0.6 is 11.6 Å². The van der Waals surface area contributed by atoms with Crippen molar-refractivity contribution in [1.82, 2.24) is 20.0 Å². The molecule has 2 fully saturated rings. The molecule has 27 heavy (non-hydrogen) atoms. The van der Waals surface area contributed by atoms with Crippen LogP contribution in [0, 0.1) is 0 Å². The molecule has 3 rings (SSSR count). The van der Waals surface area contributed by atoms with Crippen molar-refractivity contribution >= 4 is 23.5 Å². The number of guanidine groups is 1. The monoisotopic (exact) mass is 391 g/mol. The van der Waals surface area contributed by atoms with Crippen LogP contribution in [-0.4, -0.2) is 78.9 Å². The van der Waals surface area contributed by atoms with Gasteiger partial charge in [-0.25, -0.2) is 0 Å². The van der Waals surface area contributed by atoms with Gasteiger partial charge in [0.1, 0.15) is 0 Å². The average molecular weight is 392 g/mol. The van der Waals surface area contributed by atoms with E-state index in [1.807, 2.05) is 37.1 Å². The number of carbonyl (C=O) groups excluding carboxylic acids is 1. The Bertz CT molecular complexity index is 666. The van der Waals surface area contributed by atoms with Crippen molar-refractivity contribution in [2.75, 3.05) is 46.3 Å². The van der Waals surface area contributed by atoms with Crippen molar-refractivity contribution in [1.29, 1.82) is 0 Å². The molecule has 6 nitrogen and oxygen atoms in total. The number of piperazine rings is 1. The van der Waals surface area contributed by atoms with E-state index in [1.165, 1.54) is 0 Å². The standard InChI is InChI=1S/C20H30ClN5O/c1-16(19(27)25-8-3-4-9-25)24-10-12-26(13-11-24)20(22-2)23-15-17-6-5-7-18(21)14-17/h5-7,14,16H,3-4,8-13,15H2,1-2H3,(H,22,23). The van der Waals surface area contributed by atoms with Gasteiger partial charge < -0.3 is 15.1 Å². The summed E-state index contributed by atoms with van der Waals surface area (Å²) in [5.74, 6) is 1.18. The largest absolute Gasteiger partial charge is 0.352 e. The van der Waals surface area contributed by atoms with Crippen LogP contribution in [0.1, 0.15) is 25.3 Å². The zero-order valence-corrected chi connectivity index (χ0v) is 17.1. The van der Waals surface area contributed by atoms with E-state index < -0.39 is 0 Å². The average Bonchev–Trinajstić information content (AvgIpc) is 3.23. The molecule has 2 heterocycles. The van der Waals surface area contributed by atoms with Gasteiger partial charge in [-0.05, 0) is 37.5 Å². The Balaban J connectivity index is 1.48. The molecule has 0 radical (unpaired) electrons. The summed E-state index contributed by atoms with van der Waals surface area (Å²) in [5.41, 5.74) is 1.13. The third kappa shape index (κ3) is 5.14. The Labute approximate surface area is 167 Å². The number of amides is 1. The lowest BCUT2D eigenvalue weighted by atomic mass is 10.2. The van der Waals surface area contributed by atoms with Gasteiger partial charge in [0.25, 0.3) is 0 Å². The molecule has 1 aromatic carbocycles. The number of nitrogens with one attached hydrogen (secondary N) is 1. The van der Waals surface area contributed by atoms with Crippen LogP contribution < -0.4 is 5.32 Å². The molecule has 2 saturated heterocycles. The van der Waals surface area contributed by atoms with Gasteiger partial charge >= 0.3 is 0 Å². The van der Waals surface area contributed by atoms with E-state index in [4.69, 9.17) is 11.6 Å². The van der Waals surface area contributed by atoms with E-state index in [1.54, 1.807) is 0 Å². The quantitative estimate of drug-likeness (QED) is 0.630. The smallest absolute Gasteiger partial charge is 0.239 e. The van der Waals surface area contributed by atoms with E-state index in [0.717, 1.165) is 68.7 Å². The number of benzene rings is 1. The van der Waals surface area contributed by atoms with Crippen LogP contribution in [0.15, 0.2) is 29.3 Å². The summed E-state index contributed by atoms with van der Waals surface area (Å²) in [6, 6.07) is 7.82. The minimum Gasteiger partial charge on any atom is -0.352 e. The Morgan fingerprint density at radius 1 is 1.15 bits per heavy atom. The van der Waals surface area contributed by atoms with Crippen LogP contribution in [0.25, 0.3) is 0 Å². The number of nitrogens with zero attached hydrogens (tertiary/aromatic N) is 4. The highest BCUT2D eigenvalue weighted by Crippen LogP contribution is 2.14. The second kappa shape index (κ2) is 9.42. The molecular weight excluding hydrogens is 362 g/mol. The number of aliphatic imine (C=N–C) groups is 1. The van der Waals surface area contributed by atoms with Gasteiger partial charge in [0.05, 0.1) is 6.04 Å². The van der Waals surface area contributed by atoms with E-state index >= 15 is 0 Å². The summed E-state index contributed by atoms with van der Waals surface area (Å²) in [5, 5.41) is 4.16. The van der Waals surface area contributed by atoms with Gasteiger partial charge in [0.2, 0.25) is 5.91 Å². The first-order valence-electron chi connectivity index (χ1n) is 9.81. The van der Waals surface area contributed by atoms with E-state index in [2.05, 4.69) is 26.2 Å². The molecule has 2 aliphatic heterocycles. The van der Waals surface area contributed by atoms with Crippen LogP contribution in [0.3, 0.4) is 0 Å². The second-order valence-electron chi connectivity index (χ2n) is 7.26. The molecule has 1 aromatic rings. The summed E-state index contributed by atoms with van der Waals surface area (Å²) >= 11 is 6.06. The highest BCUT2D eigenvalue weighted by atomic mass is 35.5. The number of rotatable bonds is 4. The molecule has 7 heteroatoms. The van der Waals surface area contributed by atoms with Gasteiger partial charge in [-0.15, -0.1) is 0 Å². The molecule has 1 amide bonds. The maximum absolute atomic E-state index is 12.6. The van der Waals surface area contributed by atoms with E-state index in [0.29, 0.717) is 6.54 Å². The zero-order valence-electron chi connectivity index (χ0n) is 16.3. The SMILES string of the molecule is CN=C(NCc1cccc(Cl)c1)N1CCN(C(C)C(=O)N2CCCC2)CC1. The van der Waals surface area contributed by atoms with Crippen molar-refractivity contribution in [3.8, 4) is 0 Å². The molecule has 1 N–H and O–H groups in total. The van der Waals surface area contributed by atoms with Gasteiger partial charge in [-0.2, -0.15) is 0 Å². The molecule has 148 valence electrons. The van der Waals surface area contributed by atoms with Crippen molar-refractivity contribution in [3.05, 3.63) is 34.9 Å². The molecule has 0 bridgehead atoms. The van der Waals surface area contributed by atoms with Crippen LogP contribution in [-0.2, 0) is 11.3 Å². The molecule has 2 aliphatic rings. The van der Waals surface area contributed by atoms with Crippen LogP contribution in [0.2, 0.25) is 5.02 Å². The lowest BCUT2D eigenvalue weighted by Crippen LogP contribution is -2.57. The molecular formula is C20H30ClN5O. The summed E-state index contributed by atoms with van der Waals surface area (Å²) in [7, 11) is 1.81. The zero-order chi connectivity index (χ0) is 19.2. The lowest BCUT2D eigenvalue weighted by Gasteiger charge is -2.39. The molecule has 0 spiro atoms. The topological polar surface area (TPSA) is 51.2 Å². The van der Waals surface area contributed by atoms with Crippen molar-refractivity contribution in [3.63, 3.8) is 0 Å². The Hall–Kier alpha value is -1.79.